The van der Waals surface area contributed by atoms with Crippen molar-refractivity contribution in [2.75, 3.05) is 0 Å². The summed E-state index contributed by atoms with van der Waals surface area (Å²) in [5.41, 5.74) is 1.42. The second kappa shape index (κ2) is 3.97. The average Bonchev–Trinajstić information content (AvgIpc) is 2.39. The fourth-order valence-corrected chi connectivity index (χ4v) is 2.04. The minimum Gasteiger partial charge on any atom is -0.507 e. The number of hydrogen-bond acceptors (Lipinski definition) is 4. The minimum atomic E-state index is -0.0780. The van der Waals surface area contributed by atoms with Crippen molar-refractivity contribution in [3.05, 3.63) is 42.0 Å². The Morgan fingerprint density at radius 1 is 1.18 bits per heavy atom. The Morgan fingerprint density at radius 2 is 2.06 bits per heavy atom. The molecule has 1 aromatic rings. The van der Waals surface area contributed by atoms with E-state index in [1.54, 1.807) is 24.6 Å². The fourth-order valence-electron chi connectivity index (χ4n) is 2.04. The zero-order chi connectivity index (χ0) is 11.7. The van der Waals surface area contributed by atoms with E-state index in [0.29, 0.717) is 5.56 Å². The number of aromatic hydroxyl groups is 1. The molecule has 0 aromatic heterocycles. The topological polar surface area (TPSA) is 57.3 Å². The molecule has 84 valence electrons. The lowest BCUT2D eigenvalue weighted by atomic mass is 9.90. The van der Waals surface area contributed by atoms with Gasteiger partial charge in [0.15, 0.2) is 0 Å². The van der Waals surface area contributed by atoms with Gasteiger partial charge in [0, 0.05) is 23.9 Å². The van der Waals surface area contributed by atoms with E-state index in [1.807, 2.05) is 24.3 Å². The van der Waals surface area contributed by atoms with Crippen LogP contribution >= 0.6 is 0 Å². The van der Waals surface area contributed by atoms with E-state index in [1.165, 1.54) is 0 Å². The van der Waals surface area contributed by atoms with Gasteiger partial charge in [-0.3, -0.25) is 4.99 Å². The summed E-state index contributed by atoms with van der Waals surface area (Å²) in [5.74, 6) is 0.346. The third-order valence-corrected chi connectivity index (χ3v) is 2.90. The molecule has 2 heterocycles. The Morgan fingerprint density at radius 3 is 2.94 bits per heavy atom. The van der Waals surface area contributed by atoms with E-state index in [9.17, 15) is 5.11 Å². The second-order valence-electron chi connectivity index (χ2n) is 3.97. The van der Waals surface area contributed by atoms with E-state index in [-0.39, 0.29) is 17.7 Å². The molecule has 3 rings (SSSR count). The molecule has 2 aliphatic heterocycles. The highest BCUT2D eigenvalue weighted by molar-refractivity contribution is 6.10. The van der Waals surface area contributed by atoms with Crippen molar-refractivity contribution < 1.29 is 5.11 Å². The summed E-state index contributed by atoms with van der Waals surface area (Å²) in [5, 5.41) is 18.0. The first-order chi connectivity index (χ1) is 8.36. The van der Waals surface area contributed by atoms with Gasteiger partial charge in [-0.15, -0.1) is 0 Å². The van der Waals surface area contributed by atoms with Crippen molar-refractivity contribution in [1.82, 2.24) is 0 Å². The van der Waals surface area contributed by atoms with Crippen molar-refractivity contribution in [2.24, 2.45) is 21.1 Å². The second-order valence-corrected chi connectivity index (χ2v) is 3.97. The lowest BCUT2D eigenvalue weighted by molar-refractivity contribution is 0.473. The van der Waals surface area contributed by atoms with Gasteiger partial charge in [-0.1, -0.05) is 18.2 Å². The highest BCUT2D eigenvalue weighted by Crippen LogP contribution is 2.25. The largest absolute Gasteiger partial charge is 0.507 e. The maximum atomic E-state index is 9.85. The van der Waals surface area contributed by atoms with Gasteiger partial charge in [-0.2, -0.15) is 10.2 Å². The molecule has 2 unspecified atom stereocenters. The Balaban J connectivity index is 2.06. The first kappa shape index (κ1) is 9.96. The molecule has 0 aliphatic carbocycles. The van der Waals surface area contributed by atoms with Gasteiger partial charge in [0.2, 0.25) is 0 Å². The zero-order valence-electron chi connectivity index (χ0n) is 9.06. The Kier molecular flexibility index (Phi) is 2.33. The fraction of sp³-hybridized carbons (Fsp3) is 0.154. The van der Waals surface area contributed by atoms with Crippen molar-refractivity contribution >= 4 is 18.1 Å². The highest BCUT2D eigenvalue weighted by Gasteiger charge is 2.28. The van der Waals surface area contributed by atoms with Crippen LogP contribution in [0.4, 0.5) is 0 Å². The molecular weight excluding hydrogens is 214 g/mol. The lowest BCUT2D eigenvalue weighted by Gasteiger charge is -2.24. The van der Waals surface area contributed by atoms with Crippen LogP contribution in [0.5, 0.6) is 5.75 Å². The van der Waals surface area contributed by atoms with Crippen molar-refractivity contribution in [3.63, 3.8) is 0 Å². The van der Waals surface area contributed by atoms with Gasteiger partial charge in [0.05, 0.1) is 5.71 Å². The van der Waals surface area contributed by atoms with Gasteiger partial charge in [0.1, 0.15) is 11.8 Å². The molecule has 4 heteroatoms. The summed E-state index contributed by atoms with van der Waals surface area (Å²) in [6, 6.07) is 7.05. The van der Waals surface area contributed by atoms with Gasteiger partial charge in [0.25, 0.3) is 0 Å². The third-order valence-electron chi connectivity index (χ3n) is 2.90. The molecule has 0 fully saturated rings. The third kappa shape index (κ3) is 1.67. The zero-order valence-corrected chi connectivity index (χ0v) is 9.06. The summed E-state index contributed by atoms with van der Waals surface area (Å²) in [7, 11) is 0. The summed E-state index contributed by atoms with van der Waals surface area (Å²) in [6.07, 6.45) is 7.48. The lowest BCUT2D eigenvalue weighted by Crippen LogP contribution is -2.32. The number of para-hydroxylation sites is 1. The number of hydrogen-bond donors (Lipinski definition) is 1. The maximum absolute atomic E-state index is 9.85. The van der Waals surface area contributed by atoms with Gasteiger partial charge < -0.3 is 5.11 Å². The number of rotatable bonds is 1. The van der Waals surface area contributed by atoms with Crippen LogP contribution in [0.2, 0.25) is 0 Å². The Hall–Kier alpha value is -2.23. The molecule has 17 heavy (non-hydrogen) atoms. The maximum Gasteiger partial charge on any atom is 0.124 e. The number of fused-ring (bicyclic) bond motifs is 1. The molecule has 2 atom stereocenters. The first-order valence-corrected chi connectivity index (χ1v) is 5.45. The van der Waals surface area contributed by atoms with Crippen LogP contribution in [0.15, 0.2) is 51.6 Å². The normalized spacial score (nSPS) is 25.5. The molecule has 1 aromatic carbocycles. The number of aliphatic imine (C=N–C) groups is 1. The number of phenolic OH excluding ortho intramolecular Hbond substituents is 1. The predicted octanol–water partition coefficient (Wildman–Crippen LogP) is 1.81. The smallest absolute Gasteiger partial charge is 0.124 e. The van der Waals surface area contributed by atoms with Crippen LogP contribution < -0.4 is 0 Å². The molecule has 0 spiro atoms. The molecule has 0 saturated heterocycles. The van der Waals surface area contributed by atoms with Crippen LogP contribution in [-0.2, 0) is 0 Å². The molecular formula is C13H11N3O. The predicted molar refractivity (Wildman–Crippen MR) is 68.0 cm³/mol. The molecule has 1 N–H and O–H groups in total. The van der Waals surface area contributed by atoms with E-state index in [4.69, 9.17) is 0 Å². The molecule has 0 bridgehead atoms. The summed E-state index contributed by atoms with van der Waals surface area (Å²) < 4.78 is 0. The van der Waals surface area contributed by atoms with Crippen LogP contribution in [0.1, 0.15) is 5.56 Å². The van der Waals surface area contributed by atoms with Gasteiger partial charge >= 0.3 is 0 Å². The monoisotopic (exact) mass is 225 g/mol. The number of phenols is 1. The van der Waals surface area contributed by atoms with Crippen LogP contribution in [0.3, 0.4) is 0 Å². The molecule has 0 amide bonds. The SMILES string of the molecule is Oc1ccccc1C1=NN=CC2C=CC=NC12. The Bertz CT molecular complexity index is 558. The summed E-state index contributed by atoms with van der Waals surface area (Å²) in [6.45, 7) is 0. The van der Waals surface area contributed by atoms with E-state index in [2.05, 4.69) is 15.2 Å². The van der Waals surface area contributed by atoms with E-state index < -0.39 is 0 Å². The minimum absolute atomic E-state index is 0.0780. The summed E-state index contributed by atoms with van der Waals surface area (Å²) >= 11 is 0. The standard InChI is InChI=1S/C13H11N3O/c17-11-6-2-1-5-10(11)13-12-9(8-15-16-13)4-3-7-14-12/h1-9,12,17H. The molecule has 2 aliphatic rings. The first-order valence-electron chi connectivity index (χ1n) is 5.45. The van der Waals surface area contributed by atoms with E-state index in [0.717, 1.165) is 5.71 Å². The van der Waals surface area contributed by atoms with E-state index >= 15 is 0 Å². The molecule has 0 radical (unpaired) electrons. The highest BCUT2D eigenvalue weighted by atomic mass is 16.3. The van der Waals surface area contributed by atoms with Crippen molar-refractivity contribution in [3.8, 4) is 5.75 Å². The molecule has 4 nitrogen and oxygen atoms in total. The van der Waals surface area contributed by atoms with Crippen LogP contribution in [-0.4, -0.2) is 29.3 Å². The summed E-state index contributed by atoms with van der Waals surface area (Å²) in [4.78, 5) is 4.41. The van der Waals surface area contributed by atoms with Gasteiger partial charge in [-0.25, -0.2) is 0 Å². The molecule has 0 saturated carbocycles. The Labute approximate surface area is 98.7 Å². The quantitative estimate of drug-likeness (QED) is 0.778. The van der Waals surface area contributed by atoms with Crippen molar-refractivity contribution in [2.45, 2.75) is 6.04 Å². The number of dihydropyridines is 1. The number of benzene rings is 1. The van der Waals surface area contributed by atoms with Crippen LogP contribution in [0, 0.1) is 5.92 Å². The number of nitrogens with zero attached hydrogens (tertiary/aromatic N) is 3. The number of allylic oxidation sites excluding steroid dienone is 1. The van der Waals surface area contributed by atoms with Crippen LogP contribution in [0.25, 0.3) is 0 Å². The average molecular weight is 225 g/mol. The van der Waals surface area contributed by atoms with Gasteiger partial charge in [-0.05, 0) is 18.2 Å². The van der Waals surface area contributed by atoms with Crippen molar-refractivity contribution in [1.29, 1.82) is 0 Å².